The average Bonchev–Trinajstić information content (AvgIpc) is 2.98. The van der Waals surface area contributed by atoms with Gasteiger partial charge in [0, 0.05) is 10.4 Å². The lowest BCUT2D eigenvalue weighted by Crippen LogP contribution is -2.01. The van der Waals surface area contributed by atoms with E-state index in [9.17, 15) is 0 Å². The molecule has 1 aliphatic carbocycles. The zero-order valence-electron chi connectivity index (χ0n) is 7.97. The van der Waals surface area contributed by atoms with Crippen LogP contribution in [0, 0.1) is 0 Å². The van der Waals surface area contributed by atoms with Gasteiger partial charge in [-0.05, 0) is 47.5 Å². The van der Waals surface area contributed by atoms with E-state index in [0.29, 0.717) is 5.92 Å². The van der Waals surface area contributed by atoms with Crippen molar-refractivity contribution in [2.24, 2.45) is 0 Å². The van der Waals surface area contributed by atoms with Crippen molar-refractivity contribution in [3.63, 3.8) is 0 Å². The highest BCUT2D eigenvalue weighted by Gasteiger charge is 2.29. The van der Waals surface area contributed by atoms with Crippen LogP contribution in [0.25, 0.3) is 5.69 Å². The standard InChI is InChI=1S/C10H9BrN4/c11-8-3-5-9(6-4-8)15-10(7-1-2-7)12-13-14-15/h3-7H,1-2H2. The summed E-state index contributed by atoms with van der Waals surface area (Å²) < 4.78 is 2.89. The molecule has 5 heteroatoms. The van der Waals surface area contributed by atoms with Crippen LogP contribution in [0.3, 0.4) is 0 Å². The van der Waals surface area contributed by atoms with Crippen molar-refractivity contribution in [3.05, 3.63) is 34.6 Å². The highest BCUT2D eigenvalue weighted by molar-refractivity contribution is 9.10. The molecule has 2 aromatic rings. The van der Waals surface area contributed by atoms with Crippen molar-refractivity contribution in [1.82, 2.24) is 20.2 Å². The highest BCUT2D eigenvalue weighted by atomic mass is 79.9. The lowest BCUT2D eigenvalue weighted by molar-refractivity contribution is 0.763. The van der Waals surface area contributed by atoms with Gasteiger partial charge >= 0.3 is 0 Å². The van der Waals surface area contributed by atoms with E-state index < -0.39 is 0 Å². The predicted molar refractivity (Wildman–Crippen MR) is 58.8 cm³/mol. The van der Waals surface area contributed by atoms with Crippen LogP contribution < -0.4 is 0 Å². The van der Waals surface area contributed by atoms with Gasteiger partial charge in [-0.2, -0.15) is 4.68 Å². The van der Waals surface area contributed by atoms with Crippen molar-refractivity contribution in [2.75, 3.05) is 0 Å². The van der Waals surface area contributed by atoms with Crippen LogP contribution in [-0.2, 0) is 0 Å². The average molecular weight is 265 g/mol. The molecule has 1 aromatic heterocycles. The molecule has 1 saturated carbocycles. The molecule has 0 spiro atoms. The number of benzene rings is 1. The lowest BCUT2D eigenvalue weighted by Gasteiger charge is -2.02. The zero-order valence-corrected chi connectivity index (χ0v) is 9.55. The Bertz CT molecular complexity index is 472. The van der Waals surface area contributed by atoms with Crippen molar-refractivity contribution >= 4 is 15.9 Å². The molecular formula is C10H9BrN4. The molecule has 3 rings (SSSR count). The summed E-state index contributed by atoms with van der Waals surface area (Å²) in [7, 11) is 0. The van der Waals surface area contributed by atoms with Crippen molar-refractivity contribution < 1.29 is 0 Å². The van der Waals surface area contributed by atoms with E-state index in [1.165, 1.54) is 12.8 Å². The molecule has 0 radical (unpaired) electrons. The van der Waals surface area contributed by atoms with Gasteiger partial charge in [-0.3, -0.25) is 0 Å². The van der Waals surface area contributed by atoms with Gasteiger partial charge in [-0.1, -0.05) is 15.9 Å². The second-order valence-electron chi connectivity index (χ2n) is 3.70. The fourth-order valence-corrected chi connectivity index (χ4v) is 1.82. The first-order chi connectivity index (χ1) is 7.34. The van der Waals surface area contributed by atoms with Gasteiger partial charge in [0.1, 0.15) is 0 Å². The number of hydrogen-bond acceptors (Lipinski definition) is 3. The summed E-state index contributed by atoms with van der Waals surface area (Å²) in [6.45, 7) is 0. The zero-order chi connectivity index (χ0) is 10.3. The van der Waals surface area contributed by atoms with Gasteiger partial charge < -0.3 is 0 Å². The van der Waals surface area contributed by atoms with Crippen molar-refractivity contribution in [1.29, 1.82) is 0 Å². The van der Waals surface area contributed by atoms with Crippen molar-refractivity contribution in [3.8, 4) is 5.69 Å². The third-order valence-corrected chi connectivity index (χ3v) is 3.04. The molecule has 76 valence electrons. The number of aromatic nitrogens is 4. The fourth-order valence-electron chi connectivity index (χ4n) is 1.56. The lowest BCUT2D eigenvalue weighted by atomic mass is 10.3. The number of halogens is 1. The molecule has 4 nitrogen and oxygen atoms in total. The molecule has 1 fully saturated rings. The number of nitrogens with zero attached hydrogens (tertiary/aromatic N) is 4. The monoisotopic (exact) mass is 264 g/mol. The maximum absolute atomic E-state index is 4.07. The van der Waals surface area contributed by atoms with E-state index in [-0.39, 0.29) is 0 Å². The smallest absolute Gasteiger partial charge is 0.159 e. The number of tetrazole rings is 1. The third-order valence-electron chi connectivity index (χ3n) is 2.51. The number of rotatable bonds is 2. The Morgan fingerprint density at radius 2 is 1.93 bits per heavy atom. The summed E-state index contributed by atoms with van der Waals surface area (Å²) in [6.07, 6.45) is 2.41. The summed E-state index contributed by atoms with van der Waals surface area (Å²) in [5.41, 5.74) is 1.02. The topological polar surface area (TPSA) is 43.6 Å². The molecule has 1 aromatic carbocycles. The number of hydrogen-bond donors (Lipinski definition) is 0. The molecule has 0 N–H and O–H groups in total. The largest absolute Gasteiger partial charge is 0.197 e. The first-order valence-corrected chi connectivity index (χ1v) is 5.68. The van der Waals surface area contributed by atoms with E-state index in [1.807, 2.05) is 28.9 Å². The van der Waals surface area contributed by atoms with E-state index in [1.54, 1.807) is 0 Å². The van der Waals surface area contributed by atoms with Crippen LogP contribution in [0.2, 0.25) is 0 Å². The Morgan fingerprint density at radius 3 is 2.60 bits per heavy atom. The van der Waals surface area contributed by atoms with E-state index in [2.05, 4.69) is 31.5 Å². The highest BCUT2D eigenvalue weighted by Crippen LogP contribution is 2.39. The Morgan fingerprint density at radius 1 is 1.20 bits per heavy atom. The Balaban J connectivity index is 2.04. The van der Waals surface area contributed by atoms with Crippen LogP contribution >= 0.6 is 15.9 Å². The molecule has 0 atom stereocenters. The van der Waals surface area contributed by atoms with Gasteiger partial charge in [0.25, 0.3) is 0 Å². The summed E-state index contributed by atoms with van der Waals surface area (Å²) in [6, 6.07) is 8.00. The molecule has 1 heterocycles. The minimum absolute atomic E-state index is 0.559. The van der Waals surface area contributed by atoms with Crippen LogP contribution in [0.15, 0.2) is 28.7 Å². The fraction of sp³-hybridized carbons (Fsp3) is 0.300. The molecule has 15 heavy (non-hydrogen) atoms. The molecular weight excluding hydrogens is 256 g/mol. The van der Waals surface area contributed by atoms with Crippen LogP contribution in [0.4, 0.5) is 0 Å². The Hall–Kier alpha value is -1.23. The molecule has 0 amide bonds. The first kappa shape index (κ1) is 9.03. The van der Waals surface area contributed by atoms with Gasteiger partial charge in [-0.25, -0.2) is 0 Å². The molecule has 0 unspecified atom stereocenters. The summed E-state index contributed by atoms with van der Waals surface area (Å²) in [5.74, 6) is 1.54. The summed E-state index contributed by atoms with van der Waals surface area (Å²) in [4.78, 5) is 0. The summed E-state index contributed by atoms with van der Waals surface area (Å²) >= 11 is 3.41. The molecule has 0 saturated heterocycles. The molecule has 0 bridgehead atoms. The minimum Gasteiger partial charge on any atom is -0.197 e. The quantitative estimate of drug-likeness (QED) is 0.836. The van der Waals surface area contributed by atoms with Crippen molar-refractivity contribution in [2.45, 2.75) is 18.8 Å². The van der Waals surface area contributed by atoms with E-state index in [4.69, 9.17) is 0 Å². The minimum atomic E-state index is 0.559. The van der Waals surface area contributed by atoms with Gasteiger partial charge in [-0.15, -0.1) is 5.10 Å². The predicted octanol–water partition coefficient (Wildman–Crippen LogP) is 2.30. The van der Waals surface area contributed by atoms with Crippen LogP contribution in [0.1, 0.15) is 24.6 Å². The van der Waals surface area contributed by atoms with Crippen LogP contribution in [-0.4, -0.2) is 20.2 Å². The van der Waals surface area contributed by atoms with Gasteiger partial charge in [0.05, 0.1) is 5.69 Å². The third kappa shape index (κ3) is 1.67. The van der Waals surface area contributed by atoms with E-state index in [0.717, 1.165) is 16.0 Å². The Kier molecular flexibility index (Phi) is 2.05. The second kappa shape index (κ2) is 3.41. The molecule has 1 aliphatic rings. The summed E-state index contributed by atoms with van der Waals surface area (Å²) in [5, 5.41) is 11.8. The van der Waals surface area contributed by atoms with Gasteiger partial charge in [0.2, 0.25) is 0 Å². The SMILES string of the molecule is Brc1ccc(-n2nnnc2C2CC2)cc1. The van der Waals surface area contributed by atoms with E-state index >= 15 is 0 Å². The Labute approximate surface area is 95.4 Å². The maximum atomic E-state index is 4.07. The maximum Gasteiger partial charge on any atom is 0.159 e. The first-order valence-electron chi connectivity index (χ1n) is 4.89. The molecule has 0 aliphatic heterocycles. The van der Waals surface area contributed by atoms with Gasteiger partial charge in [0.15, 0.2) is 5.82 Å². The normalized spacial score (nSPS) is 15.5. The second-order valence-corrected chi connectivity index (χ2v) is 4.62. The van der Waals surface area contributed by atoms with Crippen LogP contribution in [0.5, 0.6) is 0 Å².